The van der Waals surface area contributed by atoms with Crippen LogP contribution in [-0.2, 0) is 23.8 Å². The van der Waals surface area contributed by atoms with Gasteiger partial charge in [-0.05, 0) is 18.4 Å². The van der Waals surface area contributed by atoms with Crippen molar-refractivity contribution < 1.29 is 23.8 Å². The zero-order valence-electron chi connectivity index (χ0n) is 10.2. The summed E-state index contributed by atoms with van der Waals surface area (Å²) in [5.41, 5.74) is 8.41. The normalized spacial score (nSPS) is 26.9. The van der Waals surface area contributed by atoms with Crippen molar-refractivity contribution in [3.63, 3.8) is 0 Å². The molecule has 100 valence electrons. The van der Waals surface area contributed by atoms with Gasteiger partial charge in [0.15, 0.2) is 0 Å². The summed E-state index contributed by atoms with van der Waals surface area (Å²) in [5.74, 6) is -0.925. The highest BCUT2D eigenvalue weighted by Crippen LogP contribution is 2.23. The van der Waals surface area contributed by atoms with Gasteiger partial charge >= 0.3 is 11.9 Å². The van der Waals surface area contributed by atoms with Gasteiger partial charge in [-0.15, -0.1) is 0 Å². The SMILES string of the molecule is CC(=O)OC[C@@H]1CC[C@H](N=[N+]=[N-])[C@@H](OC(C)=O)O1. The van der Waals surface area contributed by atoms with Gasteiger partial charge in [-0.1, -0.05) is 5.11 Å². The highest BCUT2D eigenvalue weighted by molar-refractivity contribution is 5.66. The van der Waals surface area contributed by atoms with Gasteiger partial charge in [0.1, 0.15) is 12.6 Å². The first kappa shape index (κ1) is 14.3. The van der Waals surface area contributed by atoms with Crippen molar-refractivity contribution in [1.29, 1.82) is 0 Å². The van der Waals surface area contributed by atoms with Crippen molar-refractivity contribution in [1.82, 2.24) is 0 Å². The van der Waals surface area contributed by atoms with E-state index in [0.29, 0.717) is 12.8 Å². The lowest BCUT2D eigenvalue weighted by Gasteiger charge is -2.33. The summed E-state index contributed by atoms with van der Waals surface area (Å²) < 4.78 is 15.2. The summed E-state index contributed by atoms with van der Waals surface area (Å²) in [6, 6.07) is -0.549. The van der Waals surface area contributed by atoms with Crippen molar-refractivity contribution in [2.45, 2.75) is 45.1 Å². The van der Waals surface area contributed by atoms with E-state index in [4.69, 9.17) is 19.7 Å². The van der Waals surface area contributed by atoms with E-state index in [2.05, 4.69) is 10.0 Å². The largest absolute Gasteiger partial charge is 0.463 e. The van der Waals surface area contributed by atoms with Crippen molar-refractivity contribution in [3.8, 4) is 0 Å². The molecular formula is C10H15N3O5. The summed E-state index contributed by atoms with van der Waals surface area (Å²) in [7, 11) is 0. The first-order valence-corrected chi connectivity index (χ1v) is 5.53. The fourth-order valence-corrected chi connectivity index (χ4v) is 1.62. The number of carbonyl (C=O) groups excluding carboxylic acids is 2. The number of hydrogen-bond acceptors (Lipinski definition) is 6. The molecule has 0 spiro atoms. The highest BCUT2D eigenvalue weighted by Gasteiger charge is 2.33. The summed E-state index contributed by atoms with van der Waals surface area (Å²) in [6.07, 6.45) is -0.209. The van der Waals surface area contributed by atoms with Crippen molar-refractivity contribution in [2.24, 2.45) is 5.11 Å². The molecule has 0 aliphatic carbocycles. The molecule has 0 radical (unpaired) electrons. The van der Waals surface area contributed by atoms with Crippen LogP contribution in [0.5, 0.6) is 0 Å². The zero-order valence-corrected chi connectivity index (χ0v) is 10.2. The van der Waals surface area contributed by atoms with Crippen molar-refractivity contribution >= 4 is 11.9 Å². The Hall–Kier alpha value is -1.79. The Kier molecular flexibility index (Phi) is 5.41. The lowest BCUT2D eigenvalue weighted by molar-refractivity contribution is -0.213. The van der Waals surface area contributed by atoms with E-state index >= 15 is 0 Å². The summed E-state index contributed by atoms with van der Waals surface area (Å²) >= 11 is 0. The summed E-state index contributed by atoms with van der Waals surface area (Å²) in [6.45, 7) is 2.64. The number of rotatable bonds is 4. The third-order valence-corrected chi connectivity index (χ3v) is 2.38. The third-order valence-electron chi connectivity index (χ3n) is 2.38. The van der Waals surface area contributed by atoms with Gasteiger partial charge < -0.3 is 14.2 Å². The molecule has 1 saturated heterocycles. The second-order valence-corrected chi connectivity index (χ2v) is 3.89. The van der Waals surface area contributed by atoms with Gasteiger partial charge in [0.05, 0.1) is 6.10 Å². The molecule has 1 fully saturated rings. The molecule has 1 aliphatic rings. The number of hydrogen-bond donors (Lipinski definition) is 0. The number of carbonyl (C=O) groups is 2. The third kappa shape index (κ3) is 4.60. The first-order chi connectivity index (χ1) is 8.52. The van der Waals surface area contributed by atoms with Crippen molar-refractivity contribution in [3.05, 3.63) is 10.4 Å². The minimum atomic E-state index is -0.923. The maximum atomic E-state index is 10.9. The van der Waals surface area contributed by atoms with Gasteiger partial charge in [0.2, 0.25) is 6.29 Å². The number of ether oxygens (including phenoxy) is 3. The van der Waals surface area contributed by atoms with Crippen LogP contribution >= 0.6 is 0 Å². The van der Waals surface area contributed by atoms with Crippen LogP contribution in [0.2, 0.25) is 0 Å². The van der Waals surface area contributed by atoms with Crippen LogP contribution in [0, 0.1) is 0 Å². The van der Waals surface area contributed by atoms with Gasteiger partial charge in [0.25, 0.3) is 0 Å². The maximum Gasteiger partial charge on any atom is 0.304 e. The number of azide groups is 1. The van der Waals surface area contributed by atoms with Crippen LogP contribution in [-0.4, -0.2) is 37.0 Å². The van der Waals surface area contributed by atoms with Gasteiger partial charge in [-0.25, -0.2) is 0 Å². The molecule has 3 atom stereocenters. The number of esters is 2. The average molecular weight is 257 g/mol. The Morgan fingerprint density at radius 2 is 2.11 bits per heavy atom. The zero-order chi connectivity index (χ0) is 13.5. The second-order valence-electron chi connectivity index (χ2n) is 3.89. The quantitative estimate of drug-likeness (QED) is 0.326. The topological polar surface area (TPSA) is 111 Å². The Bertz CT molecular complexity index is 367. The molecule has 1 rings (SSSR count). The Morgan fingerprint density at radius 1 is 1.39 bits per heavy atom. The van der Waals surface area contributed by atoms with Crippen LogP contribution in [0.15, 0.2) is 5.11 Å². The molecular weight excluding hydrogens is 242 g/mol. The second kappa shape index (κ2) is 6.83. The molecule has 18 heavy (non-hydrogen) atoms. The molecule has 8 nitrogen and oxygen atoms in total. The van der Waals surface area contributed by atoms with E-state index in [9.17, 15) is 9.59 Å². The Labute approximate surface area is 104 Å². The lowest BCUT2D eigenvalue weighted by atomic mass is 10.0. The molecule has 1 heterocycles. The Morgan fingerprint density at radius 3 is 2.67 bits per heavy atom. The maximum absolute atomic E-state index is 10.9. The minimum Gasteiger partial charge on any atom is -0.463 e. The lowest BCUT2D eigenvalue weighted by Crippen LogP contribution is -2.42. The standard InChI is InChI=1S/C10H15N3O5/c1-6(14)16-5-8-3-4-9(12-13-11)10(18-8)17-7(2)15/h8-10H,3-5H2,1-2H3/t8-,9-,10-/m0/s1. The van der Waals surface area contributed by atoms with Gasteiger partial charge in [-0.3, -0.25) is 9.59 Å². The van der Waals surface area contributed by atoms with Gasteiger partial charge in [-0.2, -0.15) is 0 Å². The van der Waals surface area contributed by atoms with E-state index in [0.717, 1.165) is 0 Å². The molecule has 0 aromatic heterocycles. The summed E-state index contributed by atoms with van der Waals surface area (Å²) in [4.78, 5) is 24.3. The predicted octanol–water partition coefficient (Wildman–Crippen LogP) is 1.30. The monoisotopic (exact) mass is 257 g/mol. The number of nitrogens with zero attached hydrogens (tertiary/aromatic N) is 3. The fraction of sp³-hybridized carbons (Fsp3) is 0.800. The van der Waals surface area contributed by atoms with Crippen LogP contribution in [0.4, 0.5) is 0 Å². The molecule has 8 heteroatoms. The molecule has 0 amide bonds. The molecule has 0 unspecified atom stereocenters. The fourth-order valence-electron chi connectivity index (χ4n) is 1.62. The van der Waals surface area contributed by atoms with E-state index in [1.165, 1.54) is 13.8 Å². The van der Waals surface area contributed by atoms with Crippen LogP contribution in [0.25, 0.3) is 10.4 Å². The van der Waals surface area contributed by atoms with E-state index in [1.54, 1.807) is 0 Å². The smallest absolute Gasteiger partial charge is 0.304 e. The van der Waals surface area contributed by atoms with Crippen molar-refractivity contribution in [2.75, 3.05) is 6.61 Å². The van der Waals surface area contributed by atoms with Crippen LogP contribution in [0.1, 0.15) is 26.7 Å². The average Bonchev–Trinajstić information content (AvgIpc) is 2.29. The first-order valence-electron chi connectivity index (χ1n) is 5.53. The summed E-state index contributed by atoms with van der Waals surface area (Å²) in [5, 5.41) is 3.52. The van der Waals surface area contributed by atoms with Crippen LogP contribution in [0.3, 0.4) is 0 Å². The minimum absolute atomic E-state index is 0.0933. The van der Waals surface area contributed by atoms with E-state index < -0.39 is 24.3 Å². The molecule has 0 aromatic carbocycles. The molecule has 0 N–H and O–H groups in total. The Balaban J connectivity index is 2.57. The molecule has 0 bridgehead atoms. The van der Waals surface area contributed by atoms with E-state index in [-0.39, 0.29) is 12.7 Å². The predicted molar refractivity (Wildman–Crippen MR) is 59.2 cm³/mol. The molecule has 1 aliphatic heterocycles. The molecule has 0 aromatic rings. The highest BCUT2D eigenvalue weighted by atomic mass is 16.7. The van der Waals surface area contributed by atoms with E-state index in [1.807, 2.05) is 0 Å². The molecule has 0 saturated carbocycles. The van der Waals surface area contributed by atoms with Gasteiger partial charge in [0, 0.05) is 18.8 Å². The van der Waals surface area contributed by atoms with Crippen LogP contribution < -0.4 is 0 Å².